The number of β-amino-alcohol motifs (C(OH)–C–C–N with tert-alkyl or cyclic N) is 1. The Kier molecular flexibility index (Phi) is 4.98. The molecule has 162 valence electrons. The highest BCUT2D eigenvalue weighted by atomic mass is 16.5. The van der Waals surface area contributed by atoms with Crippen molar-refractivity contribution in [1.29, 1.82) is 0 Å². The minimum atomic E-state index is -0.645. The van der Waals surface area contributed by atoms with Gasteiger partial charge in [-0.15, -0.1) is 0 Å². The van der Waals surface area contributed by atoms with Gasteiger partial charge in [0.15, 0.2) is 0 Å². The predicted octanol–water partition coefficient (Wildman–Crippen LogP) is 2.01. The van der Waals surface area contributed by atoms with Crippen LogP contribution in [0.1, 0.15) is 52.4 Å². The van der Waals surface area contributed by atoms with Crippen molar-refractivity contribution in [1.82, 2.24) is 15.1 Å². The molecular formula is C23H26N4O4. The smallest absolute Gasteiger partial charge is 0.338 e. The lowest BCUT2D eigenvalue weighted by Gasteiger charge is -2.38. The van der Waals surface area contributed by atoms with E-state index in [1.165, 1.54) is 0 Å². The van der Waals surface area contributed by atoms with Crippen molar-refractivity contribution in [3.05, 3.63) is 52.8 Å². The SMILES string of the molecule is Cc1c(C(O)CN2CCC3(CC2)CCN(c2ccnnc2)C3=O)ccc2c1COC2=O. The Morgan fingerprint density at radius 1 is 1.13 bits per heavy atom. The number of anilines is 1. The van der Waals surface area contributed by atoms with E-state index >= 15 is 0 Å². The van der Waals surface area contributed by atoms with Crippen molar-refractivity contribution in [2.45, 2.75) is 38.9 Å². The second-order valence-corrected chi connectivity index (χ2v) is 8.79. The molecule has 0 bridgehead atoms. The lowest BCUT2D eigenvalue weighted by Crippen LogP contribution is -2.45. The van der Waals surface area contributed by atoms with Gasteiger partial charge in [0.2, 0.25) is 5.91 Å². The van der Waals surface area contributed by atoms with Crippen LogP contribution in [0.4, 0.5) is 5.69 Å². The van der Waals surface area contributed by atoms with Gasteiger partial charge in [-0.1, -0.05) is 6.07 Å². The highest BCUT2D eigenvalue weighted by molar-refractivity contribution is 5.99. The minimum absolute atomic E-state index is 0.180. The predicted molar refractivity (Wildman–Crippen MR) is 112 cm³/mol. The van der Waals surface area contributed by atoms with Crippen LogP contribution >= 0.6 is 0 Å². The third-order valence-corrected chi connectivity index (χ3v) is 7.20. The molecule has 31 heavy (non-hydrogen) atoms. The molecule has 2 saturated heterocycles. The summed E-state index contributed by atoms with van der Waals surface area (Å²) in [7, 11) is 0. The van der Waals surface area contributed by atoms with Crippen LogP contribution in [0.2, 0.25) is 0 Å². The average molecular weight is 422 g/mol. The first-order chi connectivity index (χ1) is 15.0. The van der Waals surface area contributed by atoms with Crippen molar-refractivity contribution in [3.8, 4) is 0 Å². The second kappa shape index (κ2) is 7.69. The summed E-state index contributed by atoms with van der Waals surface area (Å²) in [6.45, 7) is 4.98. The number of aliphatic hydroxyl groups is 1. The zero-order valence-corrected chi connectivity index (χ0v) is 17.6. The highest BCUT2D eigenvalue weighted by Crippen LogP contribution is 2.43. The van der Waals surface area contributed by atoms with E-state index in [2.05, 4.69) is 15.1 Å². The van der Waals surface area contributed by atoms with Crippen LogP contribution in [-0.4, -0.2) is 58.3 Å². The van der Waals surface area contributed by atoms with Gasteiger partial charge in [-0.2, -0.15) is 10.2 Å². The lowest BCUT2D eigenvalue weighted by molar-refractivity contribution is -0.128. The summed E-state index contributed by atoms with van der Waals surface area (Å²) in [6, 6.07) is 5.41. The number of hydrogen-bond acceptors (Lipinski definition) is 7. The van der Waals surface area contributed by atoms with Gasteiger partial charge in [-0.3, -0.25) is 4.79 Å². The number of cyclic esters (lactones) is 1. The molecule has 1 N–H and O–H groups in total. The molecule has 1 amide bonds. The first-order valence-electron chi connectivity index (χ1n) is 10.8. The number of likely N-dealkylation sites (tertiary alicyclic amines) is 1. The molecule has 0 saturated carbocycles. The molecule has 3 aliphatic heterocycles. The fraction of sp³-hybridized carbons (Fsp3) is 0.478. The van der Waals surface area contributed by atoms with Gasteiger partial charge in [0.05, 0.1) is 35.2 Å². The maximum absolute atomic E-state index is 13.2. The monoisotopic (exact) mass is 422 g/mol. The molecule has 2 fully saturated rings. The Balaban J connectivity index is 1.23. The van der Waals surface area contributed by atoms with E-state index in [1.54, 1.807) is 18.5 Å². The fourth-order valence-corrected chi connectivity index (χ4v) is 5.21. The second-order valence-electron chi connectivity index (χ2n) is 8.79. The third kappa shape index (κ3) is 3.40. The maximum Gasteiger partial charge on any atom is 0.338 e. The van der Waals surface area contributed by atoms with E-state index in [-0.39, 0.29) is 23.9 Å². The van der Waals surface area contributed by atoms with E-state index in [4.69, 9.17) is 4.74 Å². The van der Waals surface area contributed by atoms with Gasteiger partial charge >= 0.3 is 5.97 Å². The highest BCUT2D eigenvalue weighted by Gasteiger charge is 2.48. The number of amides is 1. The molecule has 5 rings (SSSR count). The number of benzene rings is 1. The third-order valence-electron chi connectivity index (χ3n) is 7.20. The zero-order valence-electron chi connectivity index (χ0n) is 17.6. The van der Waals surface area contributed by atoms with E-state index in [0.29, 0.717) is 18.7 Å². The molecule has 1 unspecified atom stereocenters. The van der Waals surface area contributed by atoms with Crippen molar-refractivity contribution >= 4 is 17.6 Å². The molecule has 8 nitrogen and oxygen atoms in total. The summed E-state index contributed by atoms with van der Waals surface area (Å²) < 4.78 is 5.12. The van der Waals surface area contributed by atoms with Crippen LogP contribution in [0, 0.1) is 12.3 Å². The van der Waals surface area contributed by atoms with Crippen LogP contribution in [0.25, 0.3) is 0 Å². The van der Waals surface area contributed by atoms with Gasteiger partial charge in [-0.25, -0.2) is 4.79 Å². The number of piperidine rings is 1. The molecule has 3 aliphatic rings. The normalized spacial score (nSPS) is 21.4. The molecule has 0 radical (unpaired) electrons. The Bertz CT molecular complexity index is 1020. The summed E-state index contributed by atoms with van der Waals surface area (Å²) in [6.07, 6.45) is 5.04. The maximum atomic E-state index is 13.2. The first kappa shape index (κ1) is 20.1. The molecule has 1 aromatic heterocycles. The molecule has 1 spiro atoms. The van der Waals surface area contributed by atoms with E-state index in [0.717, 1.165) is 54.7 Å². The summed E-state index contributed by atoms with van der Waals surface area (Å²) in [5.41, 5.74) is 3.74. The van der Waals surface area contributed by atoms with Crippen molar-refractivity contribution in [3.63, 3.8) is 0 Å². The number of aliphatic hydroxyl groups excluding tert-OH is 1. The summed E-state index contributed by atoms with van der Waals surface area (Å²) in [5.74, 6) is -0.113. The molecular weight excluding hydrogens is 396 g/mol. The van der Waals surface area contributed by atoms with E-state index in [1.807, 2.05) is 24.0 Å². The molecule has 1 aromatic carbocycles. The number of hydrogen-bond donors (Lipinski definition) is 1. The number of rotatable bonds is 4. The summed E-state index contributed by atoms with van der Waals surface area (Å²) in [5, 5.41) is 18.6. The lowest BCUT2D eigenvalue weighted by atomic mass is 9.77. The Hall–Kier alpha value is -2.84. The summed E-state index contributed by atoms with van der Waals surface area (Å²) >= 11 is 0. The summed E-state index contributed by atoms with van der Waals surface area (Å²) in [4.78, 5) is 29.0. The number of ether oxygens (including phenoxy) is 1. The molecule has 2 aromatic rings. The van der Waals surface area contributed by atoms with Crippen molar-refractivity contribution < 1.29 is 19.4 Å². The number of fused-ring (bicyclic) bond motifs is 1. The van der Waals surface area contributed by atoms with Gasteiger partial charge in [0.1, 0.15) is 6.61 Å². The number of aromatic nitrogens is 2. The zero-order chi connectivity index (χ0) is 21.6. The molecule has 0 aliphatic carbocycles. The fourth-order valence-electron chi connectivity index (χ4n) is 5.21. The van der Waals surface area contributed by atoms with Crippen LogP contribution < -0.4 is 4.90 Å². The van der Waals surface area contributed by atoms with Crippen LogP contribution in [-0.2, 0) is 16.1 Å². The average Bonchev–Trinajstić information content (AvgIpc) is 3.32. The Morgan fingerprint density at radius 3 is 2.65 bits per heavy atom. The molecule has 8 heteroatoms. The van der Waals surface area contributed by atoms with Gasteiger partial charge in [0.25, 0.3) is 0 Å². The quantitative estimate of drug-likeness (QED) is 0.753. The van der Waals surface area contributed by atoms with Crippen LogP contribution in [0.3, 0.4) is 0 Å². The van der Waals surface area contributed by atoms with Gasteiger partial charge < -0.3 is 19.6 Å². The molecule has 1 atom stereocenters. The van der Waals surface area contributed by atoms with Crippen molar-refractivity contribution in [2.24, 2.45) is 5.41 Å². The number of carbonyl (C=O) groups is 2. The Labute approximate surface area is 180 Å². The van der Waals surface area contributed by atoms with Crippen molar-refractivity contribution in [2.75, 3.05) is 31.1 Å². The van der Waals surface area contributed by atoms with Crippen LogP contribution in [0.5, 0.6) is 0 Å². The Morgan fingerprint density at radius 2 is 1.90 bits per heavy atom. The first-order valence-corrected chi connectivity index (χ1v) is 10.8. The van der Waals surface area contributed by atoms with E-state index < -0.39 is 6.10 Å². The largest absolute Gasteiger partial charge is 0.457 e. The molecule has 4 heterocycles. The van der Waals surface area contributed by atoms with Crippen LogP contribution in [0.15, 0.2) is 30.6 Å². The van der Waals surface area contributed by atoms with Gasteiger partial charge in [0, 0.05) is 18.7 Å². The van der Waals surface area contributed by atoms with E-state index in [9.17, 15) is 14.7 Å². The minimum Gasteiger partial charge on any atom is -0.457 e. The van der Waals surface area contributed by atoms with Gasteiger partial charge in [-0.05, 0) is 62.5 Å². The number of carbonyl (C=O) groups excluding carboxylic acids is 2. The number of nitrogens with zero attached hydrogens (tertiary/aromatic N) is 4. The number of esters is 1. The standard InChI is InChI=1S/C23H26N4O4/c1-15-17(2-3-18-19(15)14-31-21(18)29)20(28)13-26-9-5-23(6-10-26)7-11-27(22(23)30)16-4-8-24-25-12-16/h2-4,8,12,20,28H,5-7,9-11,13-14H2,1H3. The topological polar surface area (TPSA) is 95.9 Å².